The second-order valence-corrected chi connectivity index (χ2v) is 5.15. The summed E-state index contributed by atoms with van der Waals surface area (Å²) >= 11 is 0. The summed E-state index contributed by atoms with van der Waals surface area (Å²) in [5.41, 5.74) is 1.02. The molecule has 1 saturated heterocycles. The number of rotatable bonds is 6. The molecule has 1 aromatic rings. The van der Waals surface area contributed by atoms with Gasteiger partial charge in [0.1, 0.15) is 6.10 Å². The fourth-order valence-corrected chi connectivity index (χ4v) is 2.26. The number of amides is 2. The first-order valence-electron chi connectivity index (χ1n) is 7.52. The Morgan fingerprint density at radius 2 is 2.14 bits per heavy atom. The Balaban J connectivity index is 2.02. The fraction of sp³-hybridized carbons (Fsp3) is 0.500. The van der Waals surface area contributed by atoms with Crippen molar-refractivity contribution in [2.75, 3.05) is 18.5 Å². The van der Waals surface area contributed by atoms with Gasteiger partial charge < -0.3 is 15.4 Å². The Morgan fingerprint density at radius 1 is 1.33 bits per heavy atom. The molecule has 2 rings (SSSR count). The van der Waals surface area contributed by atoms with Crippen molar-refractivity contribution in [1.82, 2.24) is 5.32 Å². The number of para-hydroxylation sites is 1. The van der Waals surface area contributed by atoms with Crippen molar-refractivity contribution in [3.8, 4) is 0 Å². The molecular formula is C16H22N2O3. The van der Waals surface area contributed by atoms with Gasteiger partial charge in [-0.15, -0.1) is 0 Å². The quantitative estimate of drug-likeness (QED) is 0.790. The van der Waals surface area contributed by atoms with Crippen LogP contribution in [0.15, 0.2) is 24.3 Å². The Hall–Kier alpha value is -1.88. The van der Waals surface area contributed by atoms with E-state index in [9.17, 15) is 9.59 Å². The SMILES string of the molecule is CCCCNC(=O)c1ccccc1NC(=O)[C@H]1CCCO1. The molecule has 0 spiro atoms. The monoisotopic (exact) mass is 290 g/mol. The van der Waals surface area contributed by atoms with Crippen LogP contribution in [0.3, 0.4) is 0 Å². The Kier molecular flexibility index (Phi) is 5.75. The number of benzene rings is 1. The number of unbranched alkanes of at least 4 members (excludes halogenated alkanes) is 1. The van der Waals surface area contributed by atoms with Crippen LogP contribution in [0.4, 0.5) is 5.69 Å². The minimum atomic E-state index is -0.402. The molecule has 1 aliphatic rings. The fourth-order valence-electron chi connectivity index (χ4n) is 2.26. The Labute approximate surface area is 125 Å². The van der Waals surface area contributed by atoms with Gasteiger partial charge in [-0.1, -0.05) is 25.5 Å². The molecule has 21 heavy (non-hydrogen) atoms. The molecule has 1 heterocycles. The molecule has 1 fully saturated rings. The lowest BCUT2D eigenvalue weighted by Crippen LogP contribution is -2.29. The average molecular weight is 290 g/mol. The van der Waals surface area contributed by atoms with Crippen molar-refractivity contribution in [3.63, 3.8) is 0 Å². The van der Waals surface area contributed by atoms with E-state index in [4.69, 9.17) is 4.74 Å². The third-order valence-corrected chi connectivity index (χ3v) is 3.47. The van der Waals surface area contributed by atoms with E-state index in [0.29, 0.717) is 24.4 Å². The molecular weight excluding hydrogens is 268 g/mol. The van der Waals surface area contributed by atoms with Gasteiger partial charge in [0.15, 0.2) is 0 Å². The predicted octanol–water partition coefficient (Wildman–Crippen LogP) is 2.33. The number of carbonyl (C=O) groups excluding carboxylic acids is 2. The van der Waals surface area contributed by atoms with Gasteiger partial charge in [0.2, 0.25) is 0 Å². The van der Waals surface area contributed by atoms with Gasteiger partial charge in [0, 0.05) is 13.2 Å². The number of carbonyl (C=O) groups is 2. The highest BCUT2D eigenvalue weighted by atomic mass is 16.5. The lowest BCUT2D eigenvalue weighted by Gasteiger charge is -2.14. The molecule has 0 saturated carbocycles. The zero-order chi connectivity index (χ0) is 15.1. The van der Waals surface area contributed by atoms with E-state index in [2.05, 4.69) is 17.6 Å². The van der Waals surface area contributed by atoms with Crippen LogP contribution in [0.5, 0.6) is 0 Å². The van der Waals surface area contributed by atoms with Gasteiger partial charge in [0.05, 0.1) is 11.3 Å². The zero-order valence-electron chi connectivity index (χ0n) is 12.4. The third kappa shape index (κ3) is 4.29. The number of anilines is 1. The molecule has 0 unspecified atom stereocenters. The standard InChI is InChI=1S/C16H22N2O3/c1-2-3-10-17-15(19)12-7-4-5-8-13(12)18-16(20)14-9-6-11-21-14/h4-5,7-8,14H,2-3,6,9-11H2,1H3,(H,17,19)(H,18,20)/t14-/m1/s1. The summed E-state index contributed by atoms with van der Waals surface area (Å²) in [5.74, 6) is -0.340. The minimum absolute atomic E-state index is 0.160. The normalized spacial score (nSPS) is 17.5. The zero-order valence-corrected chi connectivity index (χ0v) is 12.4. The van der Waals surface area contributed by atoms with E-state index in [-0.39, 0.29) is 11.8 Å². The highest BCUT2D eigenvalue weighted by molar-refractivity contribution is 6.04. The van der Waals surface area contributed by atoms with Crippen LogP contribution < -0.4 is 10.6 Å². The van der Waals surface area contributed by atoms with E-state index >= 15 is 0 Å². The average Bonchev–Trinajstić information content (AvgIpc) is 3.02. The van der Waals surface area contributed by atoms with Crippen molar-refractivity contribution < 1.29 is 14.3 Å². The van der Waals surface area contributed by atoms with Gasteiger partial charge in [-0.05, 0) is 31.4 Å². The number of hydrogen-bond acceptors (Lipinski definition) is 3. The highest BCUT2D eigenvalue weighted by Gasteiger charge is 2.24. The number of ether oxygens (including phenoxy) is 1. The lowest BCUT2D eigenvalue weighted by molar-refractivity contribution is -0.124. The summed E-state index contributed by atoms with van der Waals surface area (Å²) in [4.78, 5) is 24.2. The van der Waals surface area contributed by atoms with Gasteiger partial charge in [0.25, 0.3) is 11.8 Å². The van der Waals surface area contributed by atoms with Crippen molar-refractivity contribution in [3.05, 3.63) is 29.8 Å². The van der Waals surface area contributed by atoms with E-state index in [1.807, 2.05) is 0 Å². The maximum atomic E-state index is 12.1. The van der Waals surface area contributed by atoms with Crippen LogP contribution >= 0.6 is 0 Å². The van der Waals surface area contributed by atoms with Gasteiger partial charge >= 0.3 is 0 Å². The minimum Gasteiger partial charge on any atom is -0.368 e. The van der Waals surface area contributed by atoms with E-state index in [1.54, 1.807) is 24.3 Å². The first kappa shape index (κ1) is 15.5. The topological polar surface area (TPSA) is 67.4 Å². The summed E-state index contributed by atoms with van der Waals surface area (Å²) in [6.45, 7) is 3.34. The summed E-state index contributed by atoms with van der Waals surface area (Å²) in [5, 5.41) is 5.66. The predicted molar refractivity (Wildman–Crippen MR) is 81.3 cm³/mol. The first-order chi connectivity index (χ1) is 10.2. The maximum absolute atomic E-state index is 12.1. The summed E-state index contributed by atoms with van der Waals surface area (Å²) in [6, 6.07) is 7.04. The number of hydrogen-bond donors (Lipinski definition) is 2. The van der Waals surface area contributed by atoms with Crippen molar-refractivity contribution in [2.24, 2.45) is 0 Å². The third-order valence-electron chi connectivity index (χ3n) is 3.47. The molecule has 5 heteroatoms. The summed E-state index contributed by atoms with van der Waals surface area (Å²) in [6.07, 6.45) is 3.20. The molecule has 114 valence electrons. The van der Waals surface area contributed by atoms with Crippen LogP contribution in [0.1, 0.15) is 43.0 Å². The van der Waals surface area contributed by atoms with Gasteiger partial charge in [-0.25, -0.2) is 0 Å². The van der Waals surface area contributed by atoms with E-state index in [1.165, 1.54) is 0 Å². The van der Waals surface area contributed by atoms with Crippen molar-refractivity contribution >= 4 is 17.5 Å². The molecule has 0 aromatic heterocycles. The highest BCUT2D eigenvalue weighted by Crippen LogP contribution is 2.18. The molecule has 1 aromatic carbocycles. The molecule has 0 aliphatic carbocycles. The van der Waals surface area contributed by atoms with Gasteiger partial charge in [-0.3, -0.25) is 9.59 Å². The number of nitrogens with one attached hydrogen (secondary N) is 2. The Bertz CT molecular complexity index is 496. The van der Waals surface area contributed by atoms with E-state index < -0.39 is 6.10 Å². The summed E-state index contributed by atoms with van der Waals surface area (Å²) in [7, 11) is 0. The molecule has 5 nitrogen and oxygen atoms in total. The summed E-state index contributed by atoms with van der Waals surface area (Å²) < 4.78 is 5.35. The maximum Gasteiger partial charge on any atom is 0.253 e. The van der Waals surface area contributed by atoms with Crippen molar-refractivity contribution in [1.29, 1.82) is 0 Å². The molecule has 0 bridgehead atoms. The van der Waals surface area contributed by atoms with Crippen molar-refractivity contribution in [2.45, 2.75) is 38.7 Å². The molecule has 0 radical (unpaired) electrons. The van der Waals surface area contributed by atoms with Crippen LogP contribution in [0.2, 0.25) is 0 Å². The lowest BCUT2D eigenvalue weighted by atomic mass is 10.1. The van der Waals surface area contributed by atoms with Crippen LogP contribution in [-0.2, 0) is 9.53 Å². The second kappa shape index (κ2) is 7.78. The van der Waals surface area contributed by atoms with Crippen LogP contribution in [0, 0.1) is 0 Å². The molecule has 1 atom stereocenters. The second-order valence-electron chi connectivity index (χ2n) is 5.15. The van der Waals surface area contributed by atoms with Gasteiger partial charge in [-0.2, -0.15) is 0 Å². The molecule has 2 amide bonds. The first-order valence-corrected chi connectivity index (χ1v) is 7.52. The van der Waals surface area contributed by atoms with E-state index in [0.717, 1.165) is 25.7 Å². The largest absolute Gasteiger partial charge is 0.368 e. The Morgan fingerprint density at radius 3 is 2.86 bits per heavy atom. The molecule has 2 N–H and O–H groups in total. The smallest absolute Gasteiger partial charge is 0.253 e. The molecule has 1 aliphatic heterocycles. The van der Waals surface area contributed by atoms with Crippen LogP contribution in [-0.4, -0.2) is 31.1 Å². The van der Waals surface area contributed by atoms with Crippen LogP contribution in [0.25, 0.3) is 0 Å².